The molecule has 3 rings (SSSR count). The highest BCUT2D eigenvalue weighted by Gasteiger charge is 2.12. The molecule has 1 aliphatic heterocycles. The van der Waals surface area contributed by atoms with Gasteiger partial charge in [-0.05, 0) is 26.8 Å². The lowest BCUT2D eigenvalue weighted by atomic mass is 10.3. The topological polar surface area (TPSA) is 83.7 Å². The number of aliphatic imine (C=N–C) groups is 1. The fourth-order valence-electron chi connectivity index (χ4n) is 3.17. The Labute approximate surface area is 176 Å². The van der Waals surface area contributed by atoms with Crippen LogP contribution in [0.5, 0.6) is 0 Å². The van der Waals surface area contributed by atoms with Crippen molar-refractivity contribution < 1.29 is 4.74 Å². The van der Waals surface area contributed by atoms with E-state index in [1.165, 1.54) is 0 Å². The van der Waals surface area contributed by atoms with Gasteiger partial charge in [0.05, 0.1) is 30.5 Å². The highest BCUT2D eigenvalue weighted by molar-refractivity contribution is 7.09. The van der Waals surface area contributed by atoms with Crippen LogP contribution in [0.1, 0.15) is 28.8 Å². The number of hydrogen-bond donors (Lipinski definition) is 1. The summed E-state index contributed by atoms with van der Waals surface area (Å²) in [6.07, 6.45) is 1.06. The number of morpholine rings is 1. The van der Waals surface area contributed by atoms with E-state index in [0.717, 1.165) is 80.7 Å². The Morgan fingerprint density at radius 3 is 2.76 bits per heavy atom. The Morgan fingerprint density at radius 1 is 1.31 bits per heavy atom. The average Bonchev–Trinajstić information content (AvgIpc) is 3.27. The van der Waals surface area contributed by atoms with Gasteiger partial charge in [0.15, 0.2) is 11.8 Å². The second-order valence-electron chi connectivity index (χ2n) is 7.31. The smallest absolute Gasteiger partial charge is 0.194 e. The molecule has 0 bridgehead atoms. The van der Waals surface area contributed by atoms with Gasteiger partial charge in [0.1, 0.15) is 12.4 Å². The van der Waals surface area contributed by atoms with E-state index in [-0.39, 0.29) is 0 Å². The van der Waals surface area contributed by atoms with Crippen molar-refractivity contribution in [2.75, 3.05) is 46.4 Å². The van der Waals surface area contributed by atoms with Gasteiger partial charge < -0.3 is 19.5 Å². The molecule has 0 aliphatic carbocycles. The zero-order valence-electron chi connectivity index (χ0n) is 17.9. The molecule has 0 unspecified atom stereocenters. The van der Waals surface area contributed by atoms with Gasteiger partial charge in [-0.25, -0.2) is 9.98 Å². The summed E-state index contributed by atoms with van der Waals surface area (Å²) in [6.45, 7) is 10.9. The SMILES string of the molecule is Cc1nc(CN(C)C(=NCc2nnc(C)n2C)NCCCN2CCOCC2)cs1. The standard InChI is InChI=1S/C19H32N8OS/c1-15-23-24-18(26(15)4)12-21-19(25(3)13-17-14-29-16(2)22-17)20-6-5-7-27-8-10-28-11-9-27/h14H,5-13H2,1-4H3,(H,20,21). The molecule has 2 aromatic heterocycles. The van der Waals surface area contributed by atoms with E-state index in [4.69, 9.17) is 9.73 Å². The highest BCUT2D eigenvalue weighted by atomic mass is 32.1. The lowest BCUT2D eigenvalue weighted by Gasteiger charge is -2.27. The van der Waals surface area contributed by atoms with Gasteiger partial charge in [-0.2, -0.15) is 0 Å². The van der Waals surface area contributed by atoms with E-state index in [1.807, 2.05) is 32.5 Å². The maximum Gasteiger partial charge on any atom is 0.194 e. The molecule has 1 fully saturated rings. The zero-order valence-corrected chi connectivity index (χ0v) is 18.7. The summed E-state index contributed by atoms with van der Waals surface area (Å²) < 4.78 is 7.39. The van der Waals surface area contributed by atoms with Crippen molar-refractivity contribution in [2.45, 2.75) is 33.4 Å². The number of hydrogen-bond acceptors (Lipinski definition) is 7. The minimum Gasteiger partial charge on any atom is -0.379 e. The van der Waals surface area contributed by atoms with Crippen LogP contribution in [0.25, 0.3) is 0 Å². The lowest BCUT2D eigenvalue weighted by Crippen LogP contribution is -2.41. The maximum atomic E-state index is 5.42. The lowest BCUT2D eigenvalue weighted by molar-refractivity contribution is 0.0375. The van der Waals surface area contributed by atoms with Crippen LogP contribution < -0.4 is 5.32 Å². The summed E-state index contributed by atoms with van der Waals surface area (Å²) >= 11 is 1.67. The minimum absolute atomic E-state index is 0.490. The molecule has 0 radical (unpaired) electrons. The highest BCUT2D eigenvalue weighted by Crippen LogP contribution is 2.10. The van der Waals surface area contributed by atoms with E-state index in [0.29, 0.717) is 6.54 Å². The minimum atomic E-state index is 0.490. The second-order valence-corrected chi connectivity index (χ2v) is 8.37. The van der Waals surface area contributed by atoms with Crippen molar-refractivity contribution in [3.8, 4) is 0 Å². The molecule has 0 saturated carbocycles. The van der Waals surface area contributed by atoms with E-state index in [9.17, 15) is 0 Å². The van der Waals surface area contributed by atoms with Crippen molar-refractivity contribution in [3.63, 3.8) is 0 Å². The van der Waals surface area contributed by atoms with E-state index in [2.05, 4.69) is 35.7 Å². The number of guanidine groups is 1. The molecule has 29 heavy (non-hydrogen) atoms. The first-order chi connectivity index (χ1) is 14.0. The van der Waals surface area contributed by atoms with Crippen molar-refractivity contribution in [3.05, 3.63) is 27.7 Å². The molecule has 3 heterocycles. The number of nitrogens with one attached hydrogen (secondary N) is 1. The van der Waals surface area contributed by atoms with Crippen LogP contribution in [-0.4, -0.2) is 81.9 Å². The van der Waals surface area contributed by atoms with Crippen LogP contribution >= 0.6 is 11.3 Å². The van der Waals surface area contributed by atoms with Crippen LogP contribution in [0.15, 0.2) is 10.4 Å². The van der Waals surface area contributed by atoms with E-state index in [1.54, 1.807) is 11.3 Å². The van der Waals surface area contributed by atoms with Crippen LogP contribution in [0, 0.1) is 13.8 Å². The third-order valence-electron chi connectivity index (χ3n) is 5.02. The molecule has 9 nitrogen and oxygen atoms in total. The molecule has 10 heteroatoms. The number of aromatic nitrogens is 4. The molecular formula is C19H32N8OS. The molecule has 0 atom stereocenters. The summed E-state index contributed by atoms with van der Waals surface area (Å²) in [4.78, 5) is 13.9. The Hall–Kier alpha value is -2.04. The van der Waals surface area contributed by atoms with Crippen molar-refractivity contribution >= 4 is 17.3 Å². The monoisotopic (exact) mass is 420 g/mol. The molecule has 160 valence electrons. The fourth-order valence-corrected chi connectivity index (χ4v) is 3.78. The first kappa shape index (κ1) is 21.7. The van der Waals surface area contributed by atoms with Gasteiger partial charge in [0.25, 0.3) is 0 Å². The van der Waals surface area contributed by atoms with Gasteiger partial charge in [-0.1, -0.05) is 0 Å². The summed E-state index contributed by atoms with van der Waals surface area (Å²) in [5.41, 5.74) is 1.06. The first-order valence-electron chi connectivity index (χ1n) is 10.1. The van der Waals surface area contributed by atoms with Gasteiger partial charge >= 0.3 is 0 Å². The van der Waals surface area contributed by atoms with Crippen LogP contribution in [-0.2, 0) is 24.9 Å². The summed E-state index contributed by atoms with van der Waals surface area (Å²) in [7, 11) is 4.02. The number of aryl methyl sites for hydroxylation is 2. The Balaban J connectivity index is 1.58. The molecular weight excluding hydrogens is 388 g/mol. The Morgan fingerprint density at radius 2 is 2.10 bits per heavy atom. The first-order valence-corrected chi connectivity index (χ1v) is 11.0. The number of ether oxygens (including phenoxy) is 1. The molecule has 0 amide bonds. The largest absolute Gasteiger partial charge is 0.379 e. The van der Waals surface area contributed by atoms with Gasteiger partial charge in [0, 0.05) is 39.1 Å². The number of rotatable bonds is 8. The van der Waals surface area contributed by atoms with Crippen molar-refractivity contribution in [2.24, 2.45) is 12.0 Å². The zero-order chi connectivity index (χ0) is 20.6. The molecule has 1 aliphatic rings. The predicted octanol–water partition coefficient (Wildman–Crippen LogP) is 1.19. The van der Waals surface area contributed by atoms with Gasteiger partial charge in [0.2, 0.25) is 0 Å². The average molecular weight is 421 g/mol. The van der Waals surface area contributed by atoms with E-state index < -0.39 is 0 Å². The van der Waals surface area contributed by atoms with E-state index >= 15 is 0 Å². The van der Waals surface area contributed by atoms with Crippen molar-refractivity contribution in [1.29, 1.82) is 0 Å². The number of nitrogens with zero attached hydrogens (tertiary/aromatic N) is 7. The molecule has 1 N–H and O–H groups in total. The Kier molecular flexibility index (Phi) is 7.96. The third-order valence-corrected chi connectivity index (χ3v) is 5.84. The third kappa shape index (κ3) is 6.48. The quantitative estimate of drug-likeness (QED) is 0.390. The molecule has 0 spiro atoms. The maximum absolute atomic E-state index is 5.42. The fraction of sp³-hybridized carbons (Fsp3) is 0.684. The number of thiazole rings is 1. The summed E-state index contributed by atoms with van der Waals surface area (Å²) in [5.74, 6) is 2.60. The van der Waals surface area contributed by atoms with Gasteiger partial charge in [-0.15, -0.1) is 21.5 Å². The normalized spacial score (nSPS) is 15.7. The second kappa shape index (κ2) is 10.7. The molecule has 0 aromatic carbocycles. The van der Waals surface area contributed by atoms with Crippen LogP contribution in [0.2, 0.25) is 0 Å². The van der Waals surface area contributed by atoms with Crippen LogP contribution in [0.4, 0.5) is 0 Å². The summed E-state index contributed by atoms with van der Waals surface area (Å²) in [6, 6.07) is 0. The Bertz CT molecular complexity index is 796. The summed E-state index contributed by atoms with van der Waals surface area (Å²) in [5, 5.41) is 15.1. The van der Waals surface area contributed by atoms with Crippen LogP contribution in [0.3, 0.4) is 0 Å². The molecule has 2 aromatic rings. The predicted molar refractivity (Wildman–Crippen MR) is 115 cm³/mol. The molecule has 1 saturated heterocycles. The van der Waals surface area contributed by atoms with Gasteiger partial charge in [-0.3, -0.25) is 4.90 Å². The van der Waals surface area contributed by atoms with Crippen molar-refractivity contribution in [1.82, 2.24) is 34.9 Å².